The lowest BCUT2D eigenvalue weighted by molar-refractivity contribution is 0.669. The number of hydrogen-bond donors (Lipinski definition) is 1. The molecule has 0 spiro atoms. The molecule has 0 saturated heterocycles. The number of hydrogen-bond acceptors (Lipinski definition) is 3. The first-order chi connectivity index (χ1) is 5.79. The van der Waals surface area contributed by atoms with Gasteiger partial charge < -0.3 is 5.73 Å². The van der Waals surface area contributed by atoms with Crippen LogP contribution < -0.4 is 5.73 Å². The number of aromatic nitrogens is 2. The Labute approximate surface area is 77.3 Å². The highest BCUT2D eigenvalue weighted by Gasteiger charge is 2.04. The molecule has 0 aliphatic carbocycles. The second-order valence-corrected chi connectivity index (χ2v) is 3.78. The molecular weight excluding hydrogens is 170 g/mol. The Morgan fingerprint density at radius 3 is 2.83 bits per heavy atom. The van der Waals surface area contributed by atoms with E-state index in [1.807, 2.05) is 29.6 Å². The number of thioether (sulfide) groups is 1. The van der Waals surface area contributed by atoms with Gasteiger partial charge in [0.15, 0.2) is 0 Å². The van der Waals surface area contributed by atoms with Crippen LogP contribution >= 0.6 is 11.8 Å². The monoisotopic (exact) mass is 185 g/mol. The minimum Gasteiger partial charge on any atom is -0.384 e. The zero-order chi connectivity index (χ0) is 8.97. The summed E-state index contributed by atoms with van der Waals surface area (Å²) in [5, 5.41) is 4.17. The molecule has 0 aromatic carbocycles. The summed E-state index contributed by atoms with van der Waals surface area (Å²) >= 11 is 1.87. The largest absolute Gasteiger partial charge is 0.384 e. The van der Waals surface area contributed by atoms with E-state index in [9.17, 15) is 0 Å². The van der Waals surface area contributed by atoms with Crippen LogP contribution in [0.4, 0.5) is 5.82 Å². The van der Waals surface area contributed by atoms with Gasteiger partial charge in [0.05, 0.1) is 6.20 Å². The molecule has 0 radical (unpaired) electrons. The molecule has 0 bridgehead atoms. The SMILES string of the molecule is CCSCc1cnn(CC)c1N. The summed E-state index contributed by atoms with van der Waals surface area (Å²) in [4.78, 5) is 0. The molecule has 12 heavy (non-hydrogen) atoms. The van der Waals surface area contributed by atoms with Crippen molar-refractivity contribution in [3.63, 3.8) is 0 Å². The van der Waals surface area contributed by atoms with Gasteiger partial charge >= 0.3 is 0 Å². The fourth-order valence-corrected chi connectivity index (χ4v) is 1.66. The van der Waals surface area contributed by atoms with Gasteiger partial charge in [-0.05, 0) is 12.7 Å². The van der Waals surface area contributed by atoms with Gasteiger partial charge in [0.2, 0.25) is 0 Å². The second-order valence-electron chi connectivity index (χ2n) is 2.51. The van der Waals surface area contributed by atoms with E-state index >= 15 is 0 Å². The fourth-order valence-electron chi connectivity index (χ4n) is 1.01. The maximum atomic E-state index is 5.84. The van der Waals surface area contributed by atoms with Gasteiger partial charge in [0.1, 0.15) is 5.82 Å². The maximum Gasteiger partial charge on any atom is 0.125 e. The van der Waals surface area contributed by atoms with E-state index in [2.05, 4.69) is 12.0 Å². The first-order valence-corrected chi connectivity index (χ1v) is 5.33. The van der Waals surface area contributed by atoms with Crippen molar-refractivity contribution in [3.8, 4) is 0 Å². The molecule has 1 rings (SSSR count). The van der Waals surface area contributed by atoms with Crippen molar-refractivity contribution in [1.82, 2.24) is 9.78 Å². The van der Waals surface area contributed by atoms with Crippen LogP contribution in [0.5, 0.6) is 0 Å². The number of anilines is 1. The molecule has 4 heteroatoms. The lowest BCUT2D eigenvalue weighted by atomic mass is 10.4. The Balaban J connectivity index is 2.66. The molecule has 0 unspecified atom stereocenters. The van der Waals surface area contributed by atoms with Crippen molar-refractivity contribution in [2.24, 2.45) is 0 Å². The first-order valence-electron chi connectivity index (χ1n) is 4.17. The van der Waals surface area contributed by atoms with E-state index in [1.54, 1.807) is 0 Å². The van der Waals surface area contributed by atoms with Gasteiger partial charge in [0, 0.05) is 17.9 Å². The average Bonchev–Trinajstić information content (AvgIpc) is 2.43. The smallest absolute Gasteiger partial charge is 0.125 e. The minimum atomic E-state index is 0.818. The molecular formula is C8H15N3S. The average molecular weight is 185 g/mol. The summed E-state index contributed by atoms with van der Waals surface area (Å²) < 4.78 is 1.82. The van der Waals surface area contributed by atoms with Crippen LogP contribution in [-0.4, -0.2) is 15.5 Å². The normalized spacial score (nSPS) is 10.5. The summed E-state index contributed by atoms with van der Waals surface area (Å²) in [5.74, 6) is 2.91. The summed E-state index contributed by atoms with van der Waals surface area (Å²) in [6, 6.07) is 0. The van der Waals surface area contributed by atoms with E-state index in [0.717, 1.165) is 29.4 Å². The number of aryl methyl sites for hydroxylation is 1. The fraction of sp³-hybridized carbons (Fsp3) is 0.625. The Bertz CT molecular complexity index is 244. The van der Waals surface area contributed by atoms with Crippen molar-refractivity contribution < 1.29 is 0 Å². The highest BCUT2D eigenvalue weighted by molar-refractivity contribution is 7.98. The van der Waals surface area contributed by atoms with Gasteiger partial charge in [0.25, 0.3) is 0 Å². The molecule has 0 amide bonds. The molecule has 1 aromatic rings. The molecule has 0 atom stereocenters. The van der Waals surface area contributed by atoms with Crippen LogP contribution in [0.2, 0.25) is 0 Å². The van der Waals surface area contributed by atoms with E-state index in [4.69, 9.17) is 5.73 Å². The Kier molecular flexibility index (Phi) is 3.47. The van der Waals surface area contributed by atoms with Crippen molar-refractivity contribution in [3.05, 3.63) is 11.8 Å². The third-order valence-corrected chi connectivity index (χ3v) is 2.64. The third kappa shape index (κ3) is 1.94. The summed E-state index contributed by atoms with van der Waals surface area (Å²) in [6.07, 6.45) is 1.86. The predicted octanol–water partition coefficient (Wildman–Crippen LogP) is 1.74. The van der Waals surface area contributed by atoms with Crippen LogP contribution in [0.15, 0.2) is 6.20 Å². The van der Waals surface area contributed by atoms with E-state index in [0.29, 0.717) is 0 Å². The first kappa shape index (κ1) is 9.45. The quantitative estimate of drug-likeness (QED) is 0.777. The summed E-state index contributed by atoms with van der Waals surface area (Å²) in [5.41, 5.74) is 7.00. The Hall–Kier alpha value is -0.640. The molecule has 0 saturated carbocycles. The van der Waals surface area contributed by atoms with Crippen LogP contribution in [0, 0.1) is 0 Å². The van der Waals surface area contributed by atoms with Crippen molar-refractivity contribution in [2.75, 3.05) is 11.5 Å². The lowest BCUT2D eigenvalue weighted by Crippen LogP contribution is -2.02. The number of nitrogens with two attached hydrogens (primary N) is 1. The molecule has 0 aliphatic heterocycles. The van der Waals surface area contributed by atoms with Crippen molar-refractivity contribution >= 4 is 17.6 Å². The Morgan fingerprint density at radius 2 is 2.33 bits per heavy atom. The van der Waals surface area contributed by atoms with Gasteiger partial charge in [-0.1, -0.05) is 6.92 Å². The molecule has 0 fully saturated rings. The zero-order valence-corrected chi connectivity index (χ0v) is 8.40. The second kappa shape index (κ2) is 4.40. The van der Waals surface area contributed by atoms with E-state index in [1.165, 1.54) is 0 Å². The molecule has 1 aromatic heterocycles. The molecule has 3 nitrogen and oxygen atoms in total. The third-order valence-electron chi connectivity index (χ3n) is 1.72. The molecule has 68 valence electrons. The highest BCUT2D eigenvalue weighted by Crippen LogP contribution is 2.17. The topological polar surface area (TPSA) is 43.8 Å². The predicted molar refractivity (Wildman–Crippen MR) is 54.1 cm³/mol. The van der Waals surface area contributed by atoms with Gasteiger partial charge in [-0.15, -0.1) is 0 Å². The van der Waals surface area contributed by atoms with Gasteiger partial charge in [-0.2, -0.15) is 16.9 Å². The lowest BCUT2D eigenvalue weighted by Gasteiger charge is -2.00. The van der Waals surface area contributed by atoms with Crippen LogP contribution in [-0.2, 0) is 12.3 Å². The summed E-state index contributed by atoms with van der Waals surface area (Å²) in [6.45, 7) is 5.04. The zero-order valence-electron chi connectivity index (χ0n) is 7.58. The Morgan fingerprint density at radius 1 is 1.58 bits per heavy atom. The molecule has 2 N–H and O–H groups in total. The minimum absolute atomic E-state index is 0.818. The van der Waals surface area contributed by atoms with Crippen LogP contribution in [0.1, 0.15) is 19.4 Å². The van der Waals surface area contributed by atoms with Crippen LogP contribution in [0.3, 0.4) is 0 Å². The number of rotatable bonds is 4. The molecule has 0 aliphatic rings. The number of nitrogen functional groups attached to an aromatic ring is 1. The summed E-state index contributed by atoms with van der Waals surface area (Å²) in [7, 11) is 0. The van der Waals surface area contributed by atoms with Gasteiger partial charge in [-0.3, -0.25) is 4.68 Å². The van der Waals surface area contributed by atoms with E-state index < -0.39 is 0 Å². The van der Waals surface area contributed by atoms with Gasteiger partial charge in [-0.25, -0.2) is 0 Å². The highest BCUT2D eigenvalue weighted by atomic mass is 32.2. The van der Waals surface area contributed by atoms with Crippen LogP contribution in [0.25, 0.3) is 0 Å². The maximum absolute atomic E-state index is 5.84. The number of nitrogens with zero attached hydrogens (tertiary/aromatic N) is 2. The standard InChI is InChI=1S/C8H15N3S/c1-3-11-8(9)7(5-10-11)6-12-4-2/h5H,3-4,6,9H2,1-2H3. The molecule has 1 heterocycles. The van der Waals surface area contributed by atoms with Crippen molar-refractivity contribution in [1.29, 1.82) is 0 Å². The van der Waals surface area contributed by atoms with Crippen molar-refractivity contribution in [2.45, 2.75) is 26.1 Å². The van der Waals surface area contributed by atoms with E-state index in [-0.39, 0.29) is 0 Å².